The van der Waals surface area contributed by atoms with Gasteiger partial charge in [-0.2, -0.15) is 9.98 Å². The Labute approximate surface area is 337 Å². The fourth-order valence-electron chi connectivity index (χ4n) is 5.45. The molecule has 0 radical (unpaired) electrons. The monoisotopic (exact) mass is 879 g/mol. The number of phenolic OH excluding ortho intramolecular Hbond substituents is 4. The van der Waals surface area contributed by atoms with Crippen molar-refractivity contribution >= 4 is 50.7 Å². The van der Waals surface area contributed by atoms with Crippen molar-refractivity contribution in [2.45, 2.75) is 30.4 Å². The van der Waals surface area contributed by atoms with Gasteiger partial charge in [0.05, 0.1) is 23.4 Å². The molecule has 312 valence electrons. The average molecular weight is 880 g/mol. The number of rotatable bonds is 18. The molecule has 0 aliphatic carbocycles. The highest BCUT2D eigenvalue weighted by Gasteiger charge is 2.34. The zero-order valence-corrected chi connectivity index (χ0v) is 33.0. The number of Topliss-reactive ketones (excluding diaryl/α,β-unsaturated/α-hetero) is 1. The van der Waals surface area contributed by atoms with Crippen molar-refractivity contribution in [3.8, 4) is 46.3 Å². The molecule has 1 unspecified atom stereocenters. The fourth-order valence-corrected chi connectivity index (χ4v) is 9.91. The molecular formula is C37H33F3N3O13PS2. The molecule has 1 amide bonds. The Morgan fingerprint density at radius 3 is 2.14 bits per heavy atom. The Balaban J connectivity index is 1.41. The number of hydrogen-bond donors (Lipinski definition) is 7. The van der Waals surface area contributed by atoms with E-state index in [1.54, 1.807) is 6.07 Å². The first kappa shape index (κ1) is 44.1. The number of carbonyl (C=O) groups excluding carboxylic acids is 2. The lowest BCUT2D eigenvalue weighted by atomic mass is 10.1. The number of fused-ring (bicyclic) bond motifs is 1. The molecule has 0 saturated heterocycles. The molecule has 0 bridgehead atoms. The number of aryl methyl sites for hydroxylation is 1. The number of halogens is 3. The molecule has 22 heteroatoms. The maximum atomic E-state index is 16.6. The first-order valence-corrected chi connectivity index (χ1v) is 21.2. The molecule has 0 spiro atoms. The number of nitrogens with one attached hydrogen (secondary N) is 2. The summed E-state index contributed by atoms with van der Waals surface area (Å²) in [6, 6.07) is 10.9. The highest BCUT2D eigenvalue weighted by Crippen LogP contribution is 2.48. The van der Waals surface area contributed by atoms with Crippen LogP contribution in [0.3, 0.4) is 0 Å². The summed E-state index contributed by atoms with van der Waals surface area (Å²) in [5, 5.41) is 49.3. The number of ketones is 1. The molecule has 5 aromatic rings. The van der Waals surface area contributed by atoms with E-state index in [0.29, 0.717) is 6.07 Å². The number of amides is 1. The minimum atomic E-state index is -4.89. The molecule has 1 heterocycles. The Morgan fingerprint density at radius 2 is 1.51 bits per heavy atom. The first-order valence-electron chi connectivity index (χ1n) is 17.1. The van der Waals surface area contributed by atoms with Crippen molar-refractivity contribution in [3.63, 3.8) is 0 Å². The van der Waals surface area contributed by atoms with Gasteiger partial charge in [-0.3, -0.25) is 9.59 Å². The summed E-state index contributed by atoms with van der Waals surface area (Å²) in [6.45, 7) is 0.190. The number of nitrogens with zero attached hydrogens (tertiary/aromatic N) is 1. The number of sulfonamides is 1. The number of benzene rings is 4. The van der Waals surface area contributed by atoms with Crippen LogP contribution < -0.4 is 24.0 Å². The molecule has 0 saturated carbocycles. The van der Waals surface area contributed by atoms with Gasteiger partial charge in [-0.1, -0.05) is 6.92 Å². The number of hydrogen-bond acceptors (Lipinski definition) is 14. The molecule has 0 aliphatic rings. The normalized spacial score (nSPS) is 12.4. The third kappa shape index (κ3) is 10.2. The van der Waals surface area contributed by atoms with Gasteiger partial charge in [0, 0.05) is 29.0 Å². The van der Waals surface area contributed by atoms with E-state index in [-0.39, 0.29) is 59.4 Å². The summed E-state index contributed by atoms with van der Waals surface area (Å²) in [6.07, 6.45) is -1.77. The van der Waals surface area contributed by atoms with E-state index in [1.165, 1.54) is 19.1 Å². The van der Waals surface area contributed by atoms with Crippen LogP contribution in [0.1, 0.15) is 51.6 Å². The largest absolute Gasteiger partial charge is 0.504 e. The van der Waals surface area contributed by atoms with E-state index in [1.807, 2.05) is 4.72 Å². The van der Waals surface area contributed by atoms with Crippen LogP contribution in [0.25, 0.3) is 10.1 Å². The highest BCUT2D eigenvalue weighted by atomic mass is 32.2. The van der Waals surface area contributed by atoms with E-state index < -0.39 is 121 Å². The van der Waals surface area contributed by atoms with Crippen molar-refractivity contribution in [1.82, 2.24) is 10.0 Å². The Bertz CT molecular complexity index is 2650. The van der Waals surface area contributed by atoms with E-state index in [0.717, 1.165) is 36.4 Å². The van der Waals surface area contributed by atoms with Crippen LogP contribution in [0.2, 0.25) is 0 Å². The van der Waals surface area contributed by atoms with Crippen LogP contribution >= 0.6 is 18.9 Å². The summed E-state index contributed by atoms with van der Waals surface area (Å²) >= 11 is 0.269. The molecular weight excluding hydrogens is 847 g/mol. The van der Waals surface area contributed by atoms with E-state index >= 15 is 8.78 Å². The number of ether oxygens (including phenoxy) is 2. The minimum absolute atomic E-state index is 0.0489. The van der Waals surface area contributed by atoms with Crippen molar-refractivity contribution in [2.75, 3.05) is 26.0 Å². The number of aromatic hydroxyl groups is 4. The van der Waals surface area contributed by atoms with Gasteiger partial charge in [0.2, 0.25) is 11.5 Å². The predicted molar refractivity (Wildman–Crippen MR) is 204 cm³/mol. The minimum Gasteiger partial charge on any atom is -0.504 e. The average Bonchev–Trinajstić information content (AvgIpc) is 3.60. The quantitative estimate of drug-likeness (QED) is 0.0233. The maximum Gasteiger partial charge on any atom is 0.391 e. The predicted octanol–water partition coefficient (Wildman–Crippen LogP) is 5.93. The SMILES string of the molecule is CCc1c(S(=O)(=O)NCP(=O)(O)Oc2ccc(C#N)c(F)c2)sc2c(F)c(OCCCC(=O)c3ccc(O)c(O)c3)c(OCCNC(=O)c3ccc(O)c(O)c3)c(F)c12. The smallest absolute Gasteiger partial charge is 0.391 e. The summed E-state index contributed by atoms with van der Waals surface area (Å²) in [5.74, 6) is -8.98. The highest BCUT2D eigenvalue weighted by molar-refractivity contribution is 7.92. The van der Waals surface area contributed by atoms with Gasteiger partial charge < -0.3 is 44.6 Å². The van der Waals surface area contributed by atoms with Gasteiger partial charge in [-0.15, -0.1) is 11.3 Å². The number of carbonyl (C=O) groups is 2. The van der Waals surface area contributed by atoms with E-state index in [2.05, 4.69) is 5.32 Å². The molecule has 0 aliphatic heterocycles. The molecule has 0 fully saturated rings. The number of nitriles is 1. The zero-order chi connectivity index (χ0) is 43.2. The van der Waals surface area contributed by atoms with Crippen molar-refractivity contribution in [3.05, 3.63) is 94.3 Å². The standard InChI is InChI=1S/C37H33F3N3O13PS2/c1-2-23-30-31(39)33(55-13-11-42-36(49)20-7-10-27(46)29(48)15-20)34(54-12-3-4-25(44)19-6-9-26(45)28(47)14-19)32(40)35(30)58-37(23)59(52,53)43-18-57(50,51)56-22-8-5-21(17-41)24(38)16-22/h5-10,14-16,43,45-48H,2-4,11-13,18H2,1H3,(H,42,49)(H,50,51). The third-order valence-electron chi connectivity index (χ3n) is 8.32. The molecule has 5 rings (SSSR count). The van der Waals surface area contributed by atoms with Gasteiger partial charge in [0.15, 0.2) is 40.4 Å². The first-order chi connectivity index (χ1) is 27.9. The van der Waals surface area contributed by atoms with Crippen molar-refractivity contribution in [1.29, 1.82) is 5.26 Å². The van der Waals surface area contributed by atoms with Crippen molar-refractivity contribution < 1.29 is 75.1 Å². The second-order valence-electron chi connectivity index (χ2n) is 12.4. The van der Waals surface area contributed by atoms with Crippen LogP contribution in [-0.4, -0.2) is 71.5 Å². The molecule has 59 heavy (non-hydrogen) atoms. The Kier molecular flexibility index (Phi) is 13.6. The van der Waals surface area contributed by atoms with Gasteiger partial charge >= 0.3 is 7.60 Å². The maximum absolute atomic E-state index is 16.6. The van der Waals surface area contributed by atoms with Crippen molar-refractivity contribution in [2.24, 2.45) is 0 Å². The van der Waals surface area contributed by atoms with Crippen LogP contribution in [0, 0.1) is 28.8 Å². The fraction of sp³-hybridized carbons (Fsp3) is 0.216. The lowest BCUT2D eigenvalue weighted by molar-refractivity contribution is 0.0942. The van der Waals surface area contributed by atoms with Gasteiger partial charge in [-0.05, 0) is 66.9 Å². The molecule has 1 atom stereocenters. The van der Waals surface area contributed by atoms with E-state index in [4.69, 9.17) is 19.3 Å². The molecule has 7 N–H and O–H groups in total. The van der Waals surface area contributed by atoms with Gasteiger partial charge in [-0.25, -0.2) is 26.2 Å². The second-order valence-corrected chi connectivity index (χ2v) is 17.1. The number of phenols is 4. The zero-order valence-electron chi connectivity index (χ0n) is 30.5. The lowest BCUT2D eigenvalue weighted by Gasteiger charge is -2.16. The second kappa shape index (κ2) is 18.3. The molecule has 1 aromatic heterocycles. The Hall–Kier alpha value is -6.04. The van der Waals surface area contributed by atoms with Crippen LogP contribution in [0.5, 0.6) is 40.2 Å². The van der Waals surface area contributed by atoms with Gasteiger partial charge in [0.25, 0.3) is 15.9 Å². The number of thiophene rings is 1. The summed E-state index contributed by atoms with van der Waals surface area (Å²) in [7, 11) is -9.71. The Morgan fingerprint density at radius 1 is 0.881 bits per heavy atom. The molecule has 16 nitrogen and oxygen atoms in total. The molecule has 4 aromatic carbocycles. The summed E-state index contributed by atoms with van der Waals surface area (Å²) in [5.41, 5.74) is -0.643. The topological polar surface area (TPSA) is 262 Å². The summed E-state index contributed by atoms with van der Waals surface area (Å²) < 4.78 is 104. The van der Waals surface area contributed by atoms with Gasteiger partial charge in [0.1, 0.15) is 34.7 Å². The van der Waals surface area contributed by atoms with Crippen LogP contribution in [0.4, 0.5) is 13.2 Å². The van der Waals surface area contributed by atoms with Crippen LogP contribution in [0.15, 0.2) is 58.8 Å². The summed E-state index contributed by atoms with van der Waals surface area (Å²) in [4.78, 5) is 35.6. The van der Waals surface area contributed by atoms with Crippen LogP contribution in [-0.2, 0) is 21.0 Å². The third-order valence-corrected chi connectivity index (χ3v) is 12.8. The van der Waals surface area contributed by atoms with E-state index in [9.17, 15) is 52.3 Å². The lowest BCUT2D eigenvalue weighted by Crippen LogP contribution is -2.28.